The van der Waals surface area contributed by atoms with Gasteiger partial charge in [-0.3, -0.25) is 9.79 Å². The van der Waals surface area contributed by atoms with Crippen LogP contribution in [0.5, 0.6) is 0 Å². The number of nitrogens with zero attached hydrogens (tertiary/aromatic N) is 2. The van der Waals surface area contributed by atoms with Crippen molar-refractivity contribution in [2.24, 2.45) is 9.98 Å². The molecule has 0 heterocycles. The molecule has 21 heavy (non-hydrogen) atoms. The molecule has 3 N–H and O–H groups in total. The van der Waals surface area contributed by atoms with E-state index in [1.54, 1.807) is 24.3 Å². The zero-order valence-electron chi connectivity index (χ0n) is 11.8. The van der Waals surface area contributed by atoms with Crippen molar-refractivity contribution in [1.82, 2.24) is 0 Å². The van der Waals surface area contributed by atoms with Crippen LogP contribution in [-0.2, 0) is 4.79 Å². The van der Waals surface area contributed by atoms with E-state index in [0.717, 1.165) is 0 Å². The van der Waals surface area contributed by atoms with Crippen molar-refractivity contribution in [2.45, 2.75) is 6.92 Å². The predicted octanol–water partition coefficient (Wildman–Crippen LogP) is 2.74. The van der Waals surface area contributed by atoms with E-state index in [9.17, 15) is 9.90 Å². The Morgan fingerprint density at radius 3 is 2.62 bits per heavy atom. The highest BCUT2D eigenvalue weighted by atomic mass is 16.3. The zero-order valence-corrected chi connectivity index (χ0v) is 11.8. The van der Waals surface area contributed by atoms with Gasteiger partial charge in [0, 0.05) is 17.9 Å². The smallest absolute Gasteiger partial charge is 0.247 e. The third kappa shape index (κ3) is 5.32. The first-order chi connectivity index (χ1) is 10.1. The number of aliphatic hydroxyl groups excluding tert-OH is 1. The molecule has 1 aromatic rings. The van der Waals surface area contributed by atoms with Gasteiger partial charge in [0.1, 0.15) is 0 Å². The number of aliphatic imine (C=N–C) groups is 2. The second-order valence-electron chi connectivity index (χ2n) is 3.92. The summed E-state index contributed by atoms with van der Waals surface area (Å²) in [5.41, 5.74) is 1.23. The summed E-state index contributed by atoms with van der Waals surface area (Å²) in [6.07, 6.45) is 2.49. The lowest BCUT2D eigenvalue weighted by Gasteiger charge is -2.09. The van der Waals surface area contributed by atoms with Crippen molar-refractivity contribution in [1.29, 1.82) is 0 Å². The van der Waals surface area contributed by atoms with Gasteiger partial charge in [-0.25, -0.2) is 4.99 Å². The third-order valence-electron chi connectivity index (χ3n) is 2.38. The predicted molar refractivity (Wildman–Crippen MR) is 87.1 cm³/mol. The molecular formula is C15H18N4O2. The minimum Gasteiger partial charge on any atom is -0.503 e. The second kappa shape index (κ2) is 8.31. The van der Waals surface area contributed by atoms with Gasteiger partial charge in [-0.1, -0.05) is 12.6 Å². The van der Waals surface area contributed by atoms with Gasteiger partial charge < -0.3 is 15.7 Å². The highest BCUT2D eigenvalue weighted by molar-refractivity contribution is 5.99. The molecule has 1 rings (SSSR count). The van der Waals surface area contributed by atoms with E-state index in [1.807, 2.05) is 6.92 Å². The molecule has 0 fully saturated rings. The first-order valence-electron chi connectivity index (χ1n) is 6.31. The Balaban J connectivity index is 2.93. The van der Waals surface area contributed by atoms with Crippen molar-refractivity contribution < 1.29 is 9.90 Å². The van der Waals surface area contributed by atoms with E-state index in [-0.39, 0.29) is 17.5 Å². The lowest BCUT2D eigenvalue weighted by molar-refractivity contribution is -0.111. The molecule has 110 valence electrons. The van der Waals surface area contributed by atoms with Gasteiger partial charge in [0.2, 0.25) is 5.91 Å². The SMILES string of the molecule is C=CC(=O)Nc1cccc(N/C(N=C)=C(\O)C=NCC)c1. The molecule has 6 nitrogen and oxygen atoms in total. The van der Waals surface area contributed by atoms with Crippen molar-refractivity contribution in [3.63, 3.8) is 0 Å². The summed E-state index contributed by atoms with van der Waals surface area (Å²) < 4.78 is 0. The Hall–Kier alpha value is -2.89. The van der Waals surface area contributed by atoms with E-state index in [1.165, 1.54) is 12.3 Å². The van der Waals surface area contributed by atoms with Crippen molar-refractivity contribution in [2.75, 3.05) is 17.2 Å². The Bertz CT molecular complexity index is 591. The van der Waals surface area contributed by atoms with E-state index in [4.69, 9.17) is 0 Å². The molecule has 0 atom stereocenters. The van der Waals surface area contributed by atoms with Gasteiger partial charge in [-0.2, -0.15) is 0 Å². The highest BCUT2D eigenvalue weighted by Crippen LogP contribution is 2.17. The van der Waals surface area contributed by atoms with Crippen molar-refractivity contribution in [3.05, 3.63) is 48.5 Å². The highest BCUT2D eigenvalue weighted by Gasteiger charge is 2.04. The summed E-state index contributed by atoms with van der Waals surface area (Å²) in [6, 6.07) is 6.93. The lowest BCUT2D eigenvalue weighted by atomic mass is 10.2. The monoisotopic (exact) mass is 286 g/mol. The molecule has 0 aliphatic carbocycles. The molecule has 0 saturated heterocycles. The van der Waals surface area contributed by atoms with Gasteiger partial charge in [0.15, 0.2) is 11.6 Å². The summed E-state index contributed by atoms with van der Waals surface area (Å²) in [6.45, 7) is 9.19. The molecule has 0 aliphatic rings. The fourth-order valence-corrected chi connectivity index (χ4v) is 1.43. The van der Waals surface area contributed by atoms with E-state index < -0.39 is 0 Å². The van der Waals surface area contributed by atoms with Crippen LogP contribution in [0.25, 0.3) is 0 Å². The minimum atomic E-state index is -0.303. The van der Waals surface area contributed by atoms with Gasteiger partial charge in [-0.15, -0.1) is 0 Å². The largest absolute Gasteiger partial charge is 0.503 e. The maximum absolute atomic E-state index is 11.3. The number of anilines is 2. The average molecular weight is 286 g/mol. The van der Waals surface area contributed by atoms with Gasteiger partial charge in [-0.05, 0) is 37.9 Å². The van der Waals surface area contributed by atoms with Crippen LogP contribution in [-0.4, -0.2) is 30.5 Å². The second-order valence-corrected chi connectivity index (χ2v) is 3.92. The van der Waals surface area contributed by atoms with Crippen LogP contribution in [0.3, 0.4) is 0 Å². The molecule has 0 unspecified atom stereocenters. The van der Waals surface area contributed by atoms with Gasteiger partial charge in [0.25, 0.3) is 0 Å². The molecule has 0 spiro atoms. The van der Waals surface area contributed by atoms with Crippen LogP contribution in [0, 0.1) is 0 Å². The van der Waals surface area contributed by atoms with Crippen LogP contribution >= 0.6 is 0 Å². The fraction of sp³-hybridized carbons (Fsp3) is 0.133. The molecule has 0 bridgehead atoms. The number of hydrogen-bond donors (Lipinski definition) is 3. The number of hydrogen-bond acceptors (Lipinski definition) is 5. The minimum absolute atomic E-state index is 0.118. The number of carbonyl (C=O) groups is 1. The lowest BCUT2D eigenvalue weighted by Crippen LogP contribution is -2.08. The Morgan fingerprint density at radius 2 is 2.05 bits per heavy atom. The molecule has 0 aliphatic heterocycles. The standard InChI is InChI=1S/C15H18N4O2/c1-4-14(21)18-11-7-6-8-12(9-11)19-15(16-3)13(20)10-17-5-2/h4,6-10,19-20H,1,3,5H2,2H3,(H,18,21)/b15-13-,17-10?. The molecule has 6 heteroatoms. The summed E-state index contributed by atoms with van der Waals surface area (Å²) >= 11 is 0. The van der Waals surface area contributed by atoms with Gasteiger partial charge >= 0.3 is 0 Å². The molecule has 0 saturated carbocycles. The fourth-order valence-electron chi connectivity index (χ4n) is 1.43. The number of amides is 1. The van der Waals surface area contributed by atoms with Crippen molar-refractivity contribution in [3.8, 4) is 0 Å². The quantitative estimate of drug-likeness (QED) is 0.409. The summed E-state index contributed by atoms with van der Waals surface area (Å²) in [4.78, 5) is 18.9. The molecule has 1 aromatic carbocycles. The topological polar surface area (TPSA) is 86.1 Å². The average Bonchev–Trinajstić information content (AvgIpc) is 2.50. The summed E-state index contributed by atoms with van der Waals surface area (Å²) in [5.74, 6) is -0.241. The Kier molecular flexibility index (Phi) is 6.40. The van der Waals surface area contributed by atoms with Crippen LogP contribution < -0.4 is 10.6 Å². The van der Waals surface area contributed by atoms with Crippen LogP contribution in [0.4, 0.5) is 11.4 Å². The van der Waals surface area contributed by atoms with Crippen LogP contribution in [0.1, 0.15) is 6.92 Å². The van der Waals surface area contributed by atoms with E-state index in [0.29, 0.717) is 17.9 Å². The number of nitrogens with one attached hydrogen (secondary N) is 2. The van der Waals surface area contributed by atoms with Crippen LogP contribution in [0.2, 0.25) is 0 Å². The van der Waals surface area contributed by atoms with Crippen molar-refractivity contribution >= 4 is 30.2 Å². The first-order valence-corrected chi connectivity index (χ1v) is 6.31. The van der Waals surface area contributed by atoms with E-state index >= 15 is 0 Å². The summed E-state index contributed by atoms with van der Waals surface area (Å²) in [7, 11) is 0. The Labute approximate surface area is 123 Å². The molecular weight excluding hydrogens is 268 g/mol. The third-order valence-corrected chi connectivity index (χ3v) is 2.38. The number of benzene rings is 1. The maximum atomic E-state index is 11.3. The number of aliphatic hydroxyl groups is 1. The zero-order chi connectivity index (χ0) is 15.7. The Morgan fingerprint density at radius 1 is 1.38 bits per heavy atom. The molecule has 0 radical (unpaired) electrons. The molecule has 0 aromatic heterocycles. The number of rotatable bonds is 7. The maximum Gasteiger partial charge on any atom is 0.247 e. The van der Waals surface area contributed by atoms with Gasteiger partial charge in [0.05, 0.1) is 6.21 Å². The molecule has 1 amide bonds. The number of allylic oxidation sites excluding steroid dienone is 1. The number of carbonyl (C=O) groups excluding carboxylic acids is 1. The first kappa shape index (κ1) is 16.2. The van der Waals surface area contributed by atoms with Crippen LogP contribution in [0.15, 0.2) is 58.5 Å². The summed E-state index contributed by atoms with van der Waals surface area (Å²) in [5, 5.41) is 15.3. The normalized spacial score (nSPS) is 11.7. The van der Waals surface area contributed by atoms with E-state index in [2.05, 4.69) is 33.9 Å².